The van der Waals surface area contributed by atoms with Crippen LogP contribution in [0.4, 0.5) is 0 Å². The fourth-order valence-electron chi connectivity index (χ4n) is 3.50. The van der Waals surface area contributed by atoms with Gasteiger partial charge in [0.15, 0.2) is 0 Å². The van der Waals surface area contributed by atoms with E-state index in [1.165, 1.54) is 25.0 Å². The van der Waals surface area contributed by atoms with Crippen molar-refractivity contribution < 1.29 is 9.53 Å². The zero-order valence-electron chi connectivity index (χ0n) is 14.8. The molecule has 0 spiro atoms. The molecule has 0 radical (unpaired) electrons. The Morgan fingerprint density at radius 3 is 2.48 bits per heavy atom. The van der Waals surface area contributed by atoms with E-state index < -0.39 is 8.32 Å². The van der Waals surface area contributed by atoms with Gasteiger partial charge in [0.1, 0.15) is 0 Å². The van der Waals surface area contributed by atoms with Gasteiger partial charge in [0.25, 0.3) is 0 Å². The summed E-state index contributed by atoms with van der Waals surface area (Å²) >= 11 is 0. The zero-order chi connectivity index (χ0) is 15.9. The Balaban J connectivity index is 2.18. The highest BCUT2D eigenvalue weighted by Crippen LogP contribution is 2.49. The molecule has 0 aliphatic heterocycles. The lowest BCUT2D eigenvalue weighted by Gasteiger charge is -2.44. The van der Waals surface area contributed by atoms with Gasteiger partial charge >= 0.3 is 0 Å². The predicted molar refractivity (Wildman–Crippen MR) is 91.7 cm³/mol. The van der Waals surface area contributed by atoms with E-state index in [1.54, 1.807) is 0 Å². The van der Waals surface area contributed by atoms with E-state index in [4.69, 9.17) is 4.43 Å². The predicted octanol–water partition coefficient (Wildman–Crippen LogP) is 5.24. The molecule has 0 aromatic rings. The second kappa shape index (κ2) is 5.73. The largest absolute Gasteiger partial charge is 0.547 e. The van der Waals surface area contributed by atoms with Gasteiger partial charge in [-0.25, -0.2) is 0 Å². The molecular weight excluding hydrogens is 276 g/mol. The maximum Gasteiger partial charge on any atom is 0.250 e. The molecule has 0 aromatic carbocycles. The number of hydrogen-bond acceptors (Lipinski definition) is 2. The number of fused-ring (bicyclic) bond motifs is 1. The molecule has 1 N–H and O–H groups in total. The van der Waals surface area contributed by atoms with Gasteiger partial charge in [-0.15, -0.1) is 0 Å². The molecular formula is C18H34O2Si. The van der Waals surface area contributed by atoms with Gasteiger partial charge in [-0.05, 0) is 49.4 Å². The summed E-state index contributed by atoms with van der Waals surface area (Å²) in [5.74, 6) is 1.70. The molecule has 0 aromatic heterocycles. The van der Waals surface area contributed by atoms with Gasteiger partial charge in [0.05, 0.1) is 11.9 Å². The van der Waals surface area contributed by atoms with Crippen molar-refractivity contribution in [1.29, 1.82) is 0 Å². The van der Waals surface area contributed by atoms with Crippen LogP contribution in [0.25, 0.3) is 0 Å². The van der Waals surface area contributed by atoms with Crippen molar-refractivity contribution in [3.63, 3.8) is 0 Å². The molecule has 2 rings (SSSR count). The summed E-state index contributed by atoms with van der Waals surface area (Å²) in [6.45, 7) is 13.8. The third kappa shape index (κ3) is 3.39. The molecule has 1 fully saturated rings. The van der Waals surface area contributed by atoms with Crippen molar-refractivity contribution >= 4 is 8.32 Å². The standard InChI is InChI=1S/C18H34O2Si/c1-17(2,3)21(5,6)20-15-11-12-18(4)14(13-15)9-7-8-10-16(18)19/h13-14,16,19H,7-12H2,1-6H3/t14-,16+,18+/m1/s1. The number of allylic oxidation sites excluding steroid dienone is 2. The van der Waals surface area contributed by atoms with Crippen LogP contribution in [-0.4, -0.2) is 19.5 Å². The number of aliphatic hydroxyl groups is 1. The zero-order valence-corrected chi connectivity index (χ0v) is 15.8. The molecule has 2 nitrogen and oxygen atoms in total. The first kappa shape index (κ1) is 17.1. The highest BCUT2D eigenvalue weighted by atomic mass is 28.4. The molecule has 3 atom stereocenters. The molecule has 2 aliphatic carbocycles. The van der Waals surface area contributed by atoms with E-state index >= 15 is 0 Å². The van der Waals surface area contributed by atoms with E-state index in [0.29, 0.717) is 5.92 Å². The van der Waals surface area contributed by atoms with Gasteiger partial charge in [-0.1, -0.05) is 40.5 Å². The molecule has 1 saturated carbocycles. The maximum atomic E-state index is 10.5. The van der Waals surface area contributed by atoms with Crippen LogP contribution < -0.4 is 0 Å². The Morgan fingerprint density at radius 1 is 1.24 bits per heavy atom. The molecule has 0 heterocycles. The molecule has 122 valence electrons. The normalized spacial score (nSPS) is 34.7. The van der Waals surface area contributed by atoms with Gasteiger partial charge in [-0.2, -0.15) is 0 Å². The van der Waals surface area contributed by atoms with E-state index in [1.807, 2.05) is 0 Å². The lowest BCUT2D eigenvalue weighted by atomic mass is 9.66. The first-order valence-electron chi connectivity index (χ1n) is 8.64. The Kier molecular flexibility index (Phi) is 4.66. The second-order valence-electron chi connectivity index (χ2n) is 8.91. The Bertz CT molecular complexity index is 408. The van der Waals surface area contributed by atoms with E-state index in [-0.39, 0.29) is 16.6 Å². The summed E-state index contributed by atoms with van der Waals surface area (Å²) in [4.78, 5) is 0. The van der Waals surface area contributed by atoms with Crippen LogP contribution in [0.2, 0.25) is 18.1 Å². The van der Waals surface area contributed by atoms with E-state index in [9.17, 15) is 5.11 Å². The number of hydrogen-bond donors (Lipinski definition) is 1. The minimum absolute atomic E-state index is 0.0663. The van der Waals surface area contributed by atoms with Gasteiger partial charge in [-0.3, -0.25) is 0 Å². The number of aliphatic hydroxyl groups excluding tert-OH is 1. The topological polar surface area (TPSA) is 29.5 Å². The average Bonchev–Trinajstić information content (AvgIpc) is 2.49. The summed E-state index contributed by atoms with van der Waals surface area (Å²) < 4.78 is 6.53. The summed E-state index contributed by atoms with van der Waals surface area (Å²) in [7, 11) is -1.73. The smallest absolute Gasteiger partial charge is 0.250 e. The highest BCUT2D eigenvalue weighted by Gasteiger charge is 2.45. The molecule has 0 amide bonds. The first-order chi connectivity index (χ1) is 9.56. The average molecular weight is 311 g/mol. The Labute approximate surface area is 132 Å². The maximum absolute atomic E-state index is 10.5. The summed E-state index contributed by atoms with van der Waals surface area (Å²) in [5.41, 5.74) is 0.0663. The third-order valence-electron chi connectivity index (χ3n) is 6.34. The fraction of sp³-hybridized carbons (Fsp3) is 0.889. The summed E-state index contributed by atoms with van der Waals surface area (Å²) in [5, 5.41) is 10.8. The van der Waals surface area contributed by atoms with Crippen molar-refractivity contribution in [2.45, 2.75) is 90.5 Å². The van der Waals surface area contributed by atoms with Crippen LogP contribution in [0.3, 0.4) is 0 Å². The minimum atomic E-state index is -1.73. The third-order valence-corrected chi connectivity index (χ3v) is 10.7. The molecule has 0 saturated heterocycles. The quantitative estimate of drug-likeness (QED) is 0.706. The van der Waals surface area contributed by atoms with Crippen molar-refractivity contribution in [3.05, 3.63) is 11.8 Å². The molecule has 0 bridgehead atoms. The van der Waals surface area contributed by atoms with Crippen LogP contribution in [0.1, 0.15) is 66.2 Å². The van der Waals surface area contributed by atoms with E-state index in [0.717, 1.165) is 19.3 Å². The number of rotatable bonds is 2. The summed E-state index contributed by atoms with van der Waals surface area (Å²) in [6, 6.07) is 0. The lowest BCUT2D eigenvalue weighted by Crippen LogP contribution is -2.43. The van der Waals surface area contributed by atoms with Crippen molar-refractivity contribution in [1.82, 2.24) is 0 Å². The molecule has 21 heavy (non-hydrogen) atoms. The minimum Gasteiger partial charge on any atom is -0.547 e. The van der Waals surface area contributed by atoms with Crippen LogP contribution in [0, 0.1) is 11.3 Å². The SMILES string of the molecule is CC(C)(C)[Si](C)(C)OC1=C[C@H]2CCCC[C@H](O)[C@@]2(C)CC1. The van der Waals surface area contributed by atoms with Crippen LogP contribution in [0.15, 0.2) is 11.8 Å². The summed E-state index contributed by atoms with van der Waals surface area (Å²) in [6.07, 6.45) is 8.88. The molecule has 0 unspecified atom stereocenters. The van der Waals surface area contributed by atoms with E-state index in [2.05, 4.69) is 46.9 Å². The monoisotopic (exact) mass is 310 g/mol. The van der Waals surface area contributed by atoms with Gasteiger partial charge in [0.2, 0.25) is 8.32 Å². The van der Waals surface area contributed by atoms with Crippen LogP contribution in [0.5, 0.6) is 0 Å². The van der Waals surface area contributed by atoms with Crippen molar-refractivity contribution in [2.75, 3.05) is 0 Å². The van der Waals surface area contributed by atoms with Crippen LogP contribution in [-0.2, 0) is 4.43 Å². The Hall–Kier alpha value is -0.283. The lowest BCUT2D eigenvalue weighted by molar-refractivity contribution is -0.00564. The fourth-order valence-corrected chi connectivity index (χ4v) is 4.63. The first-order valence-corrected chi connectivity index (χ1v) is 11.5. The Morgan fingerprint density at radius 2 is 1.86 bits per heavy atom. The highest BCUT2D eigenvalue weighted by molar-refractivity contribution is 6.74. The van der Waals surface area contributed by atoms with Crippen LogP contribution >= 0.6 is 0 Å². The van der Waals surface area contributed by atoms with Crippen molar-refractivity contribution in [3.8, 4) is 0 Å². The second-order valence-corrected chi connectivity index (χ2v) is 13.6. The molecule has 2 aliphatic rings. The van der Waals surface area contributed by atoms with Crippen molar-refractivity contribution in [2.24, 2.45) is 11.3 Å². The molecule has 3 heteroatoms. The van der Waals surface area contributed by atoms with Gasteiger partial charge in [0, 0.05) is 11.8 Å². The van der Waals surface area contributed by atoms with Gasteiger partial charge < -0.3 is 9.53 Å².